The first-order chi connectivity index (χ1) is 11.4. The van der Waals surface area contributed by atoms with Crippen molar-refractivity contribution in [1.82, 2.24) is 15.1 Å². The largest absolute Gasteiger partial charge is 0.381 e. The molecule has 0 aliphatic heterocycles. The van der Waals surface area contributed by atoms with Gasteiger partial charge in [-0.3, -0.25) is 4.79 Å². The average molecular weight is 337 g/mol. The molecule has 130 valence electrons. The zero-order valence-corrected chi connectivity index (χ0v) is 14.0. The number of carbonyl (C=O) groups excluding carboxylic acids is 1. The van der Waals surface area contributed by atoms with Gasteiger partial charge in [0.1, 0.15) is 11.5 Å². The number of hydrogen-bond acceptors (Lipinski definition) is 3. The summed E-state index contributed by atoms with van der Waals surface area (Å²) < 4.78 is 33.5. The van der Waals surface area contributed by atoms with Gasteiger partial charge in [0.15, 0.2) is 5.82 Å². The van der Waals surface area contributed by atoms with Crippen molar-refractivity contribution in [2.75, 3.05) is 13.2 Å². The maximum atomic E-state index is 13.9. The summed E-state index contributed by atoms with van der Waals surface area (Å²) in [5.41, 5.74) is 1.61. The Kier molecular flexibility index (Phi) is 6.03. The molecule has 24 heavy (non-hydrogen) atoms. The fourth-order valence-corrected chi connectivity index (χ4v) is 2.44. The fourth-order valence-electron chi connectivity index (χ4n) is 2.44. The van der Waals surface area contributed by atoms with Gasteiger partial charge < -0.3 is 10.1 Å². The van der Waals surface area contributed by atoms with Crippen LogP contribution in [0.1, 0.15) is 37.6 Å². The lowest BCUT2D eigenvalue weighted by Crippen LogP contribution is -2.27. The molecule has 0 radical (unpaired) electrons. The Morgan fingerprint density at radius 2 is 2.17 bits per heavy atom. The summed E-state index contributed by atoms with van der Waals surface area (Å²) in [6.07, 6.45) is 1.85. The Bertz CT molecular complexity index is 716. The van der Waals surface area contributed by atoms with E-state index in [4.69, 9.17) is 4.74 Å². The molecule has 1 heterocycles. The smallest absolute Gasteiger partial charge is 0.222 e. The van der Waals surface area contributed by atoms with E-state index < -0.39 is 11.6 Å². The molecule has 0 saturated carbocycles. The SMILES string of the molecule is CCOCCC(=O)NC(C)c1cnn(-c2ccc(F)cc2F)c1C. The Hall–Kier alpha value is -2.28. The lowest BCUT2D eigenvalue weighted by molar-refractivity contribution is -0.122. The third kappa shape index (κ3) is 4.17. The molecule has 0 aliphatic rings. The summed E-state index contributed by atoms with van der Waals surface area (Å²) in [6.45, 7) is 6.40. The molecule has 7 heteroatoms. The van der Waals surface area contributed by atoms with Crippen LogP contribution in [0.5, 0.6) is 0 Å². The van der Waals surface area contributed by atoms with Gasteiger partial charge in [-0.1, -0.05) is 0 Å². The highest BCUT2D eigenvalue weighted by Crippen LogP contribution is 2.22. The zero-order chi connectivity index (χ0) is 17.7. The van der Waals surface area contributed by atoms with E-state index in [0.29, 0.717) is 18.9 Å². The van der Waals surface area contributed by atoms with E-state index in [-0.39, 0.29) is 24.1 Å². The molecule has 1 aromatic heterocycles. The average Bonchev–Trinajstić information content (AvgIpc) is 2.89. The molecule has 1 N–H and O–H groups in total. The molecule has 1 unspecified atom stereocenters. The summed E-state index contributed by atoms with van der Waals surface area (Å²) in [7, 11) is 0. The highest BCUT2D eigenvalue weighted by molar-refractivity contribution is 5.76. The third-order valence-corrected chi connectivity index (χ3v) is 3.71. The topological polar surface area (TPSA) is 56.1 Å². The van der Waals surface area contributed by atoms with Crippen LogP contribution in [0.15, 0.2) is 24.4 Å². The van der Waals surface area contributed by atoms with Gasteiger partial charge in [0.2, 0.25) is 5.91 Å². The highest BCUT2D eigenvalue weighted by atomic mass is 19.1. The fraction of sp³-hybridized carbons (Fsp3) is 0.412. The minimum atomic E-state index is -0.693. The number of ether oxygens (including phenoxy) is 1. The van der Waals surface area contributed by atoms with Gasteiger partial charge in [0.05, 0.1) is 18.8 Å². The molecular formula is C17H21F2N3O2. The van der Waals surface area contributed by atoms with Crippen LogP contribution in [0.2, 0.25) is 0 Å². The molecule has 0 aliphatic carbocycles. The van der Waals surface area contributed by atoms with E-state index in [1.165, 1.54) is 16.8 Å². The molecule has 1 aromatic carbocycles. The first-order valence-electron chi connectivity index (χ1n) is 7.81. The van der Waals surface area contributed by atoms with Crippen molar-refractivity contribution in [3.8, 4) is 5.69 Å². The lowest BCUT2D eigenvalue weighted by atomic mass is 10.1. The first kappa shape index (κ1) is 18.1. The number of nitrogens with one attached hydrogen (secondary N) is 1. The Labute approximate surface area is 139 Å². The van der Waals surface area contributed by atoms with Gasteiger partial charge in [-0.15, -0.1) is 0 Å². The second-order valence-electron chi connectivity index (χ2n) is 5.43. The normalized spacial score (nSPS) is 12.2. The summed E-state index contributed by atoms with van der Waals surface area (Å²) in [5, 5.41) is 7.02. The molecule has 0 spiro atoms. The van der Waals surface area contributed by atoms with Crippen molar-refractivity contribution in [3.63, 3.8) is 0 Å². The van der Waals surface area contributed by atoms with Crippen LogP contribution in [0.3, 0.4) is 0 Å². The van der Waals surface area contributed by atoms with E-state index >= 15 is 0 Å². The molecular weight excluding hydrogens is 316 g/mol. The van der Waals surface area contributed by atoms with Crippen LogP contribution in [-0.4, -0.2) is 28.9 Å². The monoisotopic (exact) mass is 337 g/mol. The predicted molar refractivity (Wildman–Crippen MR) is 85.9 cm³/mol. The van der Waals surface area contributed by atoms with E-state index in [2.05, 4.69) is 10.4 Å². The number of benzene rings is 1. The predicted octanol–water partition coefficient (Wildman–Crippen LogP) is 3.06. The van der Waals surface area contributed by atoms with Crippen LogP contribution in [0, 0.1) is 18.6 Å². The second-order valence-corrected chi connectivity index (χ2v) is 5.43. The molecule has 2 aromatic rings. The second kappa shape index (κ2) is 8.01. The van der Waals surface area contributed by atoms with Crippen LogP contribution in [0.25, 0.3) is 5.69 Å². The molecule has 0 saturated heterocycles. The van der Waals surface area contributed by atoms with Crippen LogP contribution >= 0.6 is 0 Å². The van der Waals surface area contributed by atoms with E-state index in [0.717, 1.165) is 11.6 Å². The van der Waals surface area contributed by atoms with Crippen LogP contribution in [0.4, 0.5) is 8.78 Å². The van der Waals surface area contributed by atoms with E-state index in [1.807, 2.05) is 13.8 Å². The van der Waals surface area contributed by atoms with Crippen molar-refractivity contribution < 1.29 is 18.3 Å². The Morgan fingerprint density at radius 1 is 1.42 bits per heavy atom. The number of halogens is 2. The van der Waals surface area contributed by atoms with Gasteiger partial charge in [-0.25, -0.2) is 13.5 Å². The molecule has 0 bridgehead atoms. The van der Waals surface area contributed by atoms with Crippen molar-refractivity contribution in [2.45, 2.75) is 33.2 Å². The Balaban J connectivity index is 2.13. The molecule has 2 rings (SSSR count). The number of nitrogens with zero attached hydrogens (tertiary/aromatic N) is 2. The molecule has 5 nitrogen and oxygen atoms in total. The number of amides is 1. The quantitative estimate of drug-likeness (QED) is 0.790. The van der Waals surface area contributed by atoms with Crippen molar-refractivity contribution in [3.05, 3.63) is 47.3 Å². The number of carbonyl (C=O) groups is 1. The van der Waals surface area contributed by atoms with Crippen molar-refractivity contribution in [2.24, 2.45) is 0 Å². The maximum absolute atomic E-state index is 13.9. The maximum Gasteiger partial charge on any atom is 0.222 e. The highest BCUT2D eigenvalue weighted by Gasteiger charge is 2.18. The van der Waals surface area contributed by atoms with Gasteiger partial charge >= 0.3 is 0 Å². The lowest BCUT2D eigenvalue weighted by Gasteiger charge is -2.14. The molecule has 0 fully saturated rings. The van der Waals surface area contributed by atoms with E-state index in [9.17, 15) is 13.6 Å². The number of hydrogen-bond donors (Lipinski definition) is 1. The minimum Gasteiger partial charge on any atom is -0.381 e. The van der Waals surface area contributed by atoms with Crippen molar-refractivity contribution in [1.29, 1.82) is 0 Å². The van der Waals surface area contributed by atoms with Gasteiger partial charge in [0.25, 0.3) is 0 Å². The third-order valence-electron chi connectivity index (χ3n) is 3.71. The van der Waals surface area contributed by atoms with Gasteiger partial charge in [0, 0.05) is 30.4 Å². The minimum absolute atomic E-state index is 0.129. The summed E-state index contributed by atoms with van der Waals surface area (Å²) >= 11 is 0. The number of rotatable bonds is 7. The van der Waals surface area contributed by atoms with Gasteiger partial charge in [-0.2, -0.15) is 5.10 Å². The van der Waals surface area contributed by atoms with Crippen molar-refractivity contribution >= 4 is 5.91 Å². The molecule has 1 atom stereocenters. The van der Waals surface area contributed by atoms with Crippen LogP contribution in [-0.2, 0) is 9.53 Å². The first-order valence-corrected chi connectivity index (χ1v) is 7.81. The van der Waals surface area contributed by atoms with Crippen LogP contribution < -0.4 is 5.32 Å². The summed E-state index contributed by atoms with van der Waals surface area (Å²) in [6, 6.07) is 3.05. The Morgan fingerprint density at radius 3 is 2.83 bits per heavy atom. The zero-order valence-electron chi connectivity index (χ0n) is 14.0. The summed E-state index contributed by atoms with van der Waals surface area (Å²) in [4.78, 5) is 11.9. The summed E-state index contributed by atoms with van der Waals surface area (Å²) in [5.74, 6) is -1.46. The number of aromatic nitrogens is 2. The standard InChI is InChI=1S/C17H21F2N3O2/c1-4-24-8-7-17(23)21-11(2)14-10-20-22(12(14)3)16-6-5-13(18)9-15(16)19/h5-6,9-11H,4,7-8H2,1-3H3,(H,21,23). The van der Waals surface area contributed by atoms with Gasteiger partial charge in [-0.05, 0) is 32.9 Å². The van der Waals surface area contributed by atoms with E-state index in [1.54, 1.807) is 13.1 Å². The molecule has 1 amide bonds.